The van der Waals surface area contributed by atoms with Crippen molar-refractivity contribution >= 4 is 27.3 Å². The number of ether oxygens (including phenoxy) is 1. The lowest BCUT2D eigenvalue weighted by Crippen LogP contribution is -2.27. The molecule has 3 aliphatic rings. The van der Waals surface area contributed by atoms with Crippen LogP contribution < -0.4 is 9.80 Å². The summed E-state index contributed by atoms with van der Waals surface area (Å²) in [6.07, 6.45) is 2.97. The third-order valence-electron chi connectivity index (χ3n) is 6.54. The molecule has 0 bridgehead atoms. The fourth-order valence-electron chi connectivity index (χ4n) is 4.92. The van der Waals surface area contributed by atoms with E-state index in [1.165, 1.54) is 15.8 Å². The molecule has 2 unspecified atom stereocenters. The highest BCUT2D eigenvalue weighted by atomic mass is 32.2. The Balaban J connectivity index is 1.31. The molecule has 0 saturated carbocycles. The molecule has 5 rings (SSSR count). The van der Waals surface area contributed by atoms with Crippen LogP contribution in [0.3, 0.4) is 0 Å². The SMILES string of the molecule is O=C1O[C@@H](Cn2ccnn2)CN1c1cc(F)c(N2CC3CCS(=O)(=O)CCC3C2)c(F)c1. The molecule has 1 aromatic carbocycles. The molecule has 1 amide bonds. The minimum atomic E-state index is -3.03. The van der Waals surface area contributed by atoms with E-state index >= 15 is 8.78 Å². The standard InChI is InChI=1S/C20H23F2N5O4S/c21-17-7-15(27-12-16(31-20(27)28)11-26-4-3-23-24-26)8-18(22)19(17)25-9-13-1-5-32(29,30)6-2-14(13)10-25/h3-4,7-8,13-14,16H,1-2,5-6,9-12H2/t13?,14?,16-/m0/s1. The average molecular weight is 467 g/mol. The Hall–Kier alpha value is -2.76. The molecule has 32 heavy (non-hydrogen) atoms. The van der Waals surface area contributed by atoms with Gasteiger partial charge in [0.15, 0.2) is 11.6 Å². The van der Waals surface area contributed by atoms with Crippen molar-refractivity contribution in [2.75, 3.05) is 40.9 Å². The number of halogens is 2. The average Bonchev–Trinajstić information content (AvgIpc) is 3.44. The van der Waals surface area contributed by atoms with Gasteiger partial charge in [0, 0.05) is 31.4 Å². The lowest BCUT2D eigenvalue weighted by molar-refractivity contribution is 0.129. The van der Waals surface area contributed by atoms with Crippen LogP contribution in [-0.4, -0.2) is 66.7 Å². The minimum absolute atomic E-state index is 0.0920. The van der Waals surface area contributed by atoms with Gasteiger partial charge in [-0.1, -0.05) is 5.21 Å². The predicted octanol–water partition coefficient (Wildman–Crippen LogP) is 1.84. The molecule has 3 saturated heterocycles. The summed E-state index contributed by atoms with van der Waals surface area (Å²) < 4.78 is 60.7. The van der Waals surface area contributed by atoms with Gasteiger partial charge in [-0.05, 0) is 24.7 Å². The predicted molar refractivity (Wildman–Crippen MR) is 111 cm³/mol. The summed E-state index contributed by atoms with van der Waals surface area (Å²) in [4.78, 5) is 15.2. The van der Waals surface area contributed by atoms with Gasteiger partial charge in [0.05, 0.1) is 36.5 Å². The second-order valence-corrected chi connectivity index (χ2v) is 11.0. The number of cyclic esters (lactones) is 1. The molecule has 9 nitrogen and oxygen atoms in total. The van der Waals surface area contributed by atoms with Crippen LogP contribution in [0.1, 0.15) is 12.8 Å². The van der Waals surface area contributed by atoms with E-state index in [-0.39, 0.29) is 47.8 Å². The Morgan fingerprint density at radius 1 is 1.06 bits per heavy atom. The number of amides is 1. The molecule has 0 spiro atoms. The van der Waals surface area contributed by atoms with E-state index in [9.17, 15) is 13.2 Å². The van der Waals surface area contributed by atoms with Crippen molar-refractivity contribution < 1.29 is 26.7 Å². The zero-order valence-electron chi connectivity index (χ0n) is 17.2. The van der Waals surface area contributed by atoms with Gasteiger partial charge in [-0.2, -0.15) is 0 Å². The lowest BCUT2D eigenvalue weighted by Gasteiger charge is -2.22. The van der Waals surface area contributed by atoms with Crippen molar-refractivity contribution in [3.63, 3.8) is 0 Å². The zero-order valence-corrected chi connectivity index (χ0v) is 18.0. The van der Waals surface area contributed by atoms with Gasteiger partial charge in [0.25, 0.3) is 0 Å². The van der Waals surface area contributed by atoms with E-state index in [0.29, 0.717) is 25.9 Å². The van der Waals surface area contributed by atoms with Crippen LogP contribution in [0.5, 0.6) is 0 Å². The molecule has 3 aliphatic heterocycles. The van der Waals surface area contributed by atoms with Gasteiger partial charge in [-0.15, -0.1) is 5.10 Å². The number of aromatic nitrogens is 3. The summed E-state index contributed by atoms with van der Waals surface area (Å²) in [5, 5.41) is 7.52. The van der Waals surface area contributed by atoms with Gasteiger partial charge in [-0.25, -0.2) is 26.7 Å². The number of benzene rings is 1. The van der Waals surface area contributed by atoms with Gasteiger partial charge in [0.2, 0.25) is 0 Å². The molecule has 3 fully saturated rings. The second kappa shape index (κ2) is 7.98. The Morgan fingerprint density at radius 2 is 1.72 bits per heavy atom. The molecule has 0 radical (unpaired) electrons. The Kier molecular flexibility index (Phi) is 5.26. The minimum Gasteiger partial charge on any atom is -0.442 e. The van der Waals surface area contributed by atoms with Crippen LogP contribution in [0.25, 0.3) is 0 Å². The maximum Gasteiger partial charge on any atom is 0.414 e. The number of carbonyl (C=O) groups is 1. The number of carbonyl (C=O) groups excluding carboxylic acids is 1. The highest BCUT2D eigenvalue weighted by Crippen LogP contribution is 2.38. The number of sulfone groups is 1. The third kappa shape index (κ3) is 4.03. The molecule has 2 aromatic rings. The summed E-state index contributed by atoms with van der Waals surface area (Å²) >= 11 is 0. The zero-order chi connectivity index (χ0) is 22.5. The monoisotopic (exact) mass is 467 g/mol. The van der Waals surface area contributed by atoms with E-state index in [1.807, 2.05) is 0 Å². The van der Waals surface area contributed by atoms with E-state index in [0.717, 1.165) is 12.1 Å². The van der Waals surface area contributed by atoms with Crippen molar-refractivity contribution in [2.45, 2.75) is 25.5 Å². The summed E-state index contributed by atoms with van der Waals surface area (Å²) in [7, 11) is -3.03. The molecule has 0 N–H and O–H groups in total. The first kappa shape index (κ1) is 21.1. The van der Waals surface area contributed by atoms with Gasteiger partial charge < -0.3 is 9.64 Å². The van der Waals surface area contributed by atoms with Crippen molar-refractivity contribution in [1.29, 1.82) is 0 Å². The Bertz CT molecular complexity index is 1080. The molecular formula is C20H23F2N5O4S. The Morgan fingerprint density at radius 3 is 2.31 bits per heavy atom. The lowest BCUT2D eigenvalue weighted by atomic mass is 9.92. The van der Waals surface area contributed by atoms with Crippen LogP contribution in [0.15, 0.2) is 24.5 Å². The van der Waals surface area contributed by atoms with Crippen LogP contribution in [0.4, 0.5) is 25.0 Å². The van der Waals surface area contributed by atoms with Gasteiger partial charge >= 0.3 is 6.09 Å². The topological polar surface area (TPSA) is 97.6 Å². The van der Waals surface area contributed by atoms with Gasteiger partial charge in [-0.3, -0.25) is 4.90 Å². The maximum absolute atomic E-state index is 15.0. The first-order valence-electron chi connectivity index (χ1n) is 10.6. The number of hydrogen-bond acceptors (Lipinski definition) is 7. The molecule has 4 heterocycles. The van der Waals surface area contributed by atoms with Crippen molar-refractivity contribution in [2.24, 2.45) is 11.8 Å². The summed E-state index contributed by atoms with van der Waals surface area (Å²) in [5.74, 6) is -1.07. The van der Waals surface area contributed by atoms with E-state index in [2.05, 4.69) is 10.3 Å². The normalized spacial score (nSPS) is 27.3. The first-order chi connectivity index (χ1) is 15.3. The molecule has 0 aliphatic carbocycles. The summed E-state index contributed by atoms with van der Waals surface area (Å²) in [6, 6.07) is 2.30. The van der Waals surface area contributed by atoms with Crippen molar-refractivity contribution in [1.82, 2.24) is 15.0 Å². The van der Waals surface area contributed by atoms with Crippen LogP contribution in [0.2, 0.25) is 0 Å². The fraction of sp³-hybridized carbons (Fsp3) is 0.550. The highest BCUT2D eigenvalue weighted by Gasteiger charge is 2.39. The number of anilines is 2. The second-order valence-electron chi connectivity index (χ2n) is 8.65. The molecule has 172 valence electrons. The molecule has 1 aromatic heterocycles. The third-order valence-corrected chi connectivity index (χ3v) is 8.26. The summed E-state index contributed by atoms with van der Waals surface area (Å²) in [6.45, 7) is 1.26. The van der Waals surface area contributed by atoms with E-state index in [1.54, 1.807) is 11.1 Å². The van der Waals surface area contributed by atoms with Crippen LogP contribution >= 0.6 is 0 Å². The molecule has 3 atom stereocenters. The Labute approximate surface area is 183 Å². The quantitative estimate of drug-likeness (QED) is 0.677. The summed E-state index contributed by atoms with van der Waals surface area (Å²) in [5.41, 5.74) is -0.0363. The molecular weight excluding hydrogens is 444 g/mol. The number of hydrogen-bond donors (Lipinski definition) is 0. The maximum atomic E-state index is 15.0. The smallest absolute Gasteiger partial charge is 0.414 e. The van der Waals surface area contributed by atoms with Crippen molar-refractivity contribution in [3.8, 4) is 0 Å². The largest absolute Gasteiger partial charge is 0.442 e. The van der Waals surface area contributed by atoms with Crippen molar-refractivity contribution in [3.05, 3.63) is 36.2 Å². The highest BCUT2D eigenvalue weighted by molar-refractivity contribution is 7.91. The number of nitrogens with zero attached hydrogens (tertiary/aromatic N) is 5. The van der Waals surface area contributed by atoms with E-state index in [4.69, 9.17) is 4.74 Å². The van der Waals surface area contributed by atoms with E-state index < -0.39 is 33.7 Å². The number of rotatable bonds is 4. The number of fused-ring (bicyclic) bond motifs is 1. The van der Waals surface area contributed by atoms with Crippen LogP contribution in [0, 0.1) is 23.5 Å². The first-order valence-corrected chi connectivity index (χ1v) is 12.4. The molecule has 12 heteroatoms. The van der Waals surface area contributed by atoms with Crippen LogP contribution in [-0.2, 0) is 21.1 Å². The fourth-order valence-corrected chi connectivity index (χ4v) is 6.44. The van der Waals surface area contributed by atoms with Gasteiger partial charge in [0.1, 0.15) is 21.6 Å².